The predicted molar refractivity (Wildman–Crippen MR) is 78.2 cm³/mol. The molecule has 1 aliphatic rings. The Bertz CT molecular complexity index is 275. The minimum Gasteiger partial charge on any atom is -0.465 e. The van der Waals surface area contributed by atoms with Gasteiger partial charge in [-0.2, -0.15) is 0 Å². The zero-order valence-corrected chi connectivity index (χ0v) is 13.0. The molecular weight excluding hydrogens is 240 g/mol. The number of hydrogen-bond donors (Lipinski definition) is 1. The molecule has 1 N–H and O–H groups in total. The molecule has 1 rings (SSSR count). The lowest BCUT2D eigenvalue weighted by molar-refractivity contribution is -0.153. The largest absolute Gasteiger partial charge is 0.465 e. The van der Waals surface area contributed by atoms with Gasteiger partial charge in [0.1, 0.15) is 5.54 Å². The van der Waals surface area contributed by atoms with E-state index in [-0.39, 0.29) is 5.97 Å². The molecule has 4 nitrogen and oxygen atoms in total. The third kappa shape index (κ3) is 4.77. The average molecular weight is 270 g/mol. The molecule has 0 aromatic heterocycles. The van der Waals surface area contributed by atoms with Crippen LogP contribution in [-0.4, -0.2) is 50.2 Å². The maximum Gasteiger partial charge on any atom is 0.326 e. The molecule has 1 atom stereocenters. The smallest absolute Gasteiger partial charge is 0.326 e. The van der Waals surface area contributed by atoms with E-state index in [4.69, 9.17) is 4.74 Å². The van der Waals surface area contributed by atoms with Gasteiger partial charge in [0.25, 0.3) is 0 Å². The van der Waals surface area contributed by atoms with Crippen LogP contribution in [0.25, 0.3) is 0 Å². The van der Waals surface area contributed by atoms with Crippen LogP contribution in [-0.2, 0) is 9.53 Å². The molecule has 1 saturated carbocycles. The summed E-state index contributed by atoms with van der Waals surface area (Å²) in [5.41, 5.74) is -0.521. The van der Waals surface area contributed by atoms with E-state index in [1.54, 1.807) is 0 Å². The Labute approximate surface area is 117 Å². The van der Waals surface area contributed by atoms with Crippen molar-refractivity contribution in [3.05, 3.63) is 0 Å². The van der Waals surface area contributed by atoms with Gasteiger partial charge in [0, 0.05) is 13.1 Å². The number of hydrogen-bond acceptors (Lipinski definition) is 4. The van der Waals surface area contributed by atoms with Crippen molar-refractivity contribution in [3.8, 4) is 0 Å². The minimum absolute atomic E-state index is 0.0827. The maximum atomic E-state index is 12.3. The van der Waals surface area contributed by atoms with Crippen molar-refractivity contribution in [3.63, 3.8) is 0 Å². The van der Waals surface area contributed by atoms with Crippen LogP contribution in [0.3, 0.4) is 0 Å². The van der Waals surface area contributed by atoms with Crippen LogP contribution in [0.15, 0.2) is 0 Å². The van der Waals surface area contributed by atoms with Gasteiger partial charge < -0.3 is 15.0 Å². The summed E-state index contributed by atoms with van der Waals surface area (Å²) < 4.78 is 5.30. The molecule has 0 aromatic carbocycles. The van der Waals surface area contributed by atoms with Crippen molar-refractivity contribution >= 4 is 5.97 Å². The van der Waals surface area contributed by atoms with Crippen molar-refractivity contribution in [1.29, 1.82) is 0 Å². The second-order valence-corrected chi connectivity index (χ2v) is 5.99. The molecule has 0 aliphatic heterocycles. The van der Waals surface area contributed by atoms with Gasteiger partial charge in [0.15, 0.2) is 0 Å². The molecule has 19 heavy (non-hydrogen) atoms. The van der Waals surface area contributed by atoms with Crippen molar-refractivity contribution in [2.24, 2.45) is 5.92 Å². The van der Waals surface area contributed by atoms with Gasteiger partial charge in [0.2, 0.25) is 0 Å². The van der Waals surface area contributed by atoms with E-state index in [0.29, 0.717) is 12.5 Å². The number of carbonyl (C=O) groups is 1. The third-order valence-corrected chi connectivity index (χ3v) is 4.17. The Morgan fingerprint density at radius 3 is 2.47 bits per heavy atom. The molecule has 0 aromatic rings. The SMILES string of the molecule is CCOC(=O)C(C)(NCCN(C)C)C1CCCCC1. The Morgan fingerprint density at radius 2 is 1.95 bits per heavy atom. The second-order valence-electron chi connectivity index (χ2n) is 5.99. The van der Waals surface area contributed by atoms with Crippen molar-refractivity contribution in [1.82, 2.24) is 10.2 Å². The normalized spacial score (nSPS) is 20.3. The summed E-state index contributed by atoms with van der Waals surface area (Å²) in [7, 11) is 4.09. The van der Waals surface area contributed by atoms with Gasteiger partial charge in [-0.15, -0.1) is 0 Å². The van der Waals surface area contributed by atoms with E-state index in [9.17, 15) is 4.79 Å². The molecule has 0 amide bonds. The quantitative estimate of drug-likeness (QED) is 0.719. The van der Waals surface area contributed by atoms with Crippen LogP contribution < -0.4 is 5.32 Å². The van der Waals surface area contributed by atoms with Gasteiger partial charge >= 0.3 is 5.97 Å². The lowest BCUT2D eigenvalue weighted by atomic mass is 9.75. The molecular formula is C15H30N2O2. The number of nitrogens with one attached hydrogen (secondary N) is 1. The number of rotatable bonds is 7. The van der Waals surface area contributed by atoms with Gasteiger partial charge in [-0.25, -0.2) is 0 Å². The van der Waals surface area contributed by atoms with E-state index >= 15 is 0 Å². The van der Waals surface area contributed by atoms with Gasteiger partial charge in [-0.3, -0.25) is 4.79 Å². The lowest BCUT2D eigenvalue weighted by Crippen LogP contribution is -2.57. The fourth-order valence-corrected chi connectivity index (χ4v) is 2.88. The zero-order chi connectivity index (χ0) is 14.3. The van der Waals surface area contributed by atoms with Crippen LogP contribution in [0.5, 0.6) is 0 Å². The predicted octanol–water partition coefficient (Wildman–Crippen LogP) is 2.04. The molecule has 0 spiro atoms. The first-order valence-electron chi connectivity index (χ1n) is 7.57. The highest BCUT2D eigenvalue weighted by molar-refractivity contribution is 5.80. The molecule has 0 bridgehead atoms. The number of ether oxygens (including phenoxy) is 1. The fourth-order valence-electron chi connectivity index (χ4n) is 2.88. The highest BCUT2D eigenvalue weighted by Gasteiger charge is 2.42. The Kier molecular flexibility index (Phi) is 6.80. The topological polar surface area (TPSA) is 41.6 Å². The Hall–Kier alpha value is -0.610. The molecule has 1 unspecified atom stereocenters. The standard InChI is InChI=1S/C15H30N2O2/c1-5-19-14(18)15(2,16-11-12-17(3)4)13-9-7-6-8-10-13/h13,16H,5-12H2,1-4H3. The lowest BCUT2D eigenvalue weighted by Gasteiger charge is -2.38. The molecule has 0 saturated heterocycles. The maximum absolute atomic E-state index is 12.3. The van der Waals surface area contributed by atoms with Gasteiger partial charge in [-0.05, 0) is 46.7 Å². The van der Waals surface area contributed by atoms with Crippen LogP contribution in [0.4, 0.5) is 0 Å². The highest BCUT2D eigenvalue weighted by atomic mass is 16.5. The monoisotopic (exact) mass is 270 g/mol. The van der Waals surface area contributed by atoms with Gasteiger partial charge in [0.05, 0.1) is 6.61 Å². The van der Waals surface area contributed by atoms with Gasteiger partial charge in [-0.1, -0.05) is 19.3 Å². The van der Waals surface area contributed by atoms with E-state index in [1.165, 1.54) is 19.3 Å². The number of esters is 1. The van der Waals surface area contributed by atoms with Crippen molar-refractivity contribution < 1.29 is 9.53 Å². The fraction of sp³-hybridized carbons (Fsp3) is 0.933. The molecule has 0 radical (unpaired) electrons. The summed E-state index contributed by atoms with van der Waals surface area (Å²) in [4.78, 5) is 14.5. The molecule has 112 valence electrons. The van der Waals surface area contributed by atoms with Crippen LogP contribution in [0.2, 0.25) is 0 Å². The van der Waals surface area contributed by atoms with Crippen molar-refractivity contribution in [2.45, 2.75) is 51.5 Å². The summed E-state index contributed by atoms with van der Waals surface area (Å²) in [6.45, 7) is 6.10. The van der Waals surface area contributed by atoms with E-state index in [2.05, 4.69) is 10.2 Å². The molecule has 0 heterocycles. The minimum atomic E-state index is -0.521. The number of nitrogens with zero attached hydrogens (tertiary/aromatic N) is 1. The second kappa shape index (κ2) is 7.85. The summed E-state index contributed by atoms with van der Waals surface area (Å²) in [5, 5.41) is 3.47. The Balaban J connectivity index is 2.67. The first-order valence-corrected chi connectivity index (χ1v) is 7.57. The van der Waals surface area contributed by atoms with E-state index in [1.807, 2.05) is 27.9 Å². The molecule has 1 fully saturated rings. The summed E-state index contributed by atoms with van der Waals surface area (Å²) in [6, 6.07) is 0. The summed E-state index contributed by atoms with van der Waals surface area (Å²) in [6.07, 6.45) is 6.02. The summed E-state index contributed by atoms with van der Waals surface area (Å²) >= 11 is 0. The first-order chi connectivity index (χ1) is 9.00. The third-order valence-electron chi connectivity index (χ3n) is 4.17. The number of likely N-dealkylation sites (N-methyl/N-ethyl adjacent to an activating group) is 1. The number of carbonyl (C=O) groups excluding carboxylic acids is 1. The van der Waals surface area contributed by atoms with E-state index in [0.717, 1.165) is 25.9 Å². The average Bonchev–Trinajstić information content (AvgIpc) is 2.39. The van der Waals surface area contributed by atoms with Crippen LogP contribution >= 0.6 is 0 Å². The summed E-state index contributed by atoms with van der Waals surface area (Å²) in [5.74, 6) is 0.322. The van der Waals surface area contributed by atoms with Crippen molar-refractivity contribution in [2.75, 3.05) is 33.8 Å². The first kappa shape index (κ1) is 16.4. The van der Waals surface area contributed by atoms with Crippen LogP contribution in [0, 0.1) is 5.92 Å². The Morgan fingerprint density at radius 1 is 1.32 bits per heavy atom. The zero-order valence-electron chi connectivity index (χ0n) is 13.0. The highest BCUT2D eigenvalue weighted by Crippen LogP contribution is 2.33. The van der Waals surface area contributed by atoms with Crippen LogP contribution in [0.1, 0.15) is 46.0 Å². The van der Waals surface area contributed by atoms with E-state index < -0.39 is 5.54 Å². The molecule has 4 heteroatoms. The molecule has 1 aliphatic carbocycles.